The van der Waals surface area contributed by atoms with E-state index in [2.05, 4.69) is 5.32 Å². The highest BCUT2D eigenvalue weighted by Crippen LogP contribution is 2.26. The van der Waals surface area contributed by atoms with Crippen molar-refractivity contribution in [3.8, 4) is 5.75 Å². The van der Waals surface area contributed by atoms with Crippen molar-refractivity contribution in [3.05, 3.63) is 33.9 Å². The van der Waals surface area contributed by atoms with E-state index in [0.717, 1.165) is 0 Å². The number of nitrogens with zero attached hydrogens (tertiary/aromatic N) is 1. The molecule has 116 valence electrons. The minimum absolute atomic E-state index is 0.102. The molecule has 0 aliphatic heterocycles. The number of carbonyl (C=O) groups is 1. The molecule has 0 saturated carbocycles. The van der Waals surface area contributed by atoms with Crippen LogP contribution in [-0.2, 0) is 4.79 Å². The van der Waals surface area contributed by atoms with Crippen LogP contribution < -0.4 is 15.8 Å². The second-order valence-corrected chi connectivity index (χ2v) is 4.14. The SMILES string of the molecule is CCNC(CCOc1cc(F)c([N+](=O)[O-])cc1F)C(N)=O. The molecule has 0 aliphatic rings. The largest absolute Gasteiger partial charge is 0.490 e. The first-order chi connectivity index (χ1) is 9.86. The van der Waals surface area contributed by atoms with Gasteiger partial charge in [-0.1, -0.05) is 6.92 Å². The Hall–Kier alpha value is -2.29. The van der Waals surface area contributed by atoms with Crippen molar-refractivity contribution in [3.63, 3.8) is 0 Å². The first kappa shape index (κ1) is 16.8. The zero-order valence-electron chi connectivity index (χ0n) is 11.3. The van der Waals surface area contributed by atoms with E-state index in [1.165, 1.54) is 0 Å². The zero-order valence-corrected chi connectivity index (χ0v) is 11.3. The average Bonchev–Trinajstić information content (AvgIpc) is 2.40. The highest BCUT2D eigenvalue weighted by atomic mass is 19.1. The van der Waals surface area contributed by atoms with E-state index in [9.17, 15) is 23.7 Å². The van der Waals surface area contributed by atoms with Crippen molar-refractivity contribution < 1.29 is 23.2 Å². The van der Waals surface area contributed by atoms with Crippen molar-refractivity contribution in [1.29, 1.82) is 0 Å². The van der Waals surface area contributed by atoms with Crippen LogP contribution in [0, 0.1) is 21.7 Å². The second kappa shape index (κ2) is 7.48. The van der Waals surface area contributed by atoms with Gasteiger partial charge in [-0.2, -0.15) is 4.39 Å². The Morgan fingerprint density at radius 3 is 2.67 bits per heavy atom. The molecule has 1 aromatic rings. The molecule has 0 aromatic heterocycles. The summed E-state index contributed by atoms with van der Waals surface area (Å²) in [5.41, 5.74) is 4.17. The van der Waals surface area contributed by atoms with Gasteiger partial charge >= 0.3 is 5.69 Å². The van der Waals surface area contributed by atoms with Gasteiger partial charge in [0.2, 0.25) is 11.7 Å². The molecule has 21 heavy (non-hydrogen) atoms. The molecule has 3 N–H and O–H groups in total. The minimum atomic E-state index is -1.20. The smallest absolute Gasteiger partial charge is 0.307 e. The number of nitrogens with one attached hydrogen (secondary N) is 1. The fourth-order valence-corrected chi connectivity index (χ4v) is 1.65. The maximum Gasteiger partial charge on any atom is 0.307 e. The number of hydrogen-bond acceptors (Lipinski definition) is 5. The first-order valence-electron chi connectivity index (χ1n) is 6.15. The van der Waals surface area contributed by atoms with E-state index >= 15 is 0 Å². The lowest BCUT2D eigenvalue weighted by Crippen LogP contribution is -2.42. The number of rotatable bonds is 8. The van der Waals surface area contributed by atoms with Gasteiger partial charge in [-0.05, 0) is 6.54 Å². The number of nitrogens with two attached hydrogens (primary N) is 1. The molecule has 0 heterocycles. The molecule has 0 fully saturated rings. The number of primary amides is 1. The third-order valence-corrected chi connectivity index (χ3v) is 2.66. The highest BCUT2D eigenvalue weighted by molar-refractivity contribution is 5.79. The molecule has 0 bridgehead atoms. The highest BCUT2D eigenvalue weighted by Gasteiger charge is 2.20. The zero-order chi connectivity index (χ0) is 16.0. The van der Waals surface area contributed by atoms with E-state index in [0.29, 0.717) is 18.7 Å². The van der Waals surface area contributed by atoms with E-state index < -0.39 is 39.9 Å². The molecule has 1 amide bonds. The fourth-order valence-electron chi connectivity index (χ4n) is 1.65. The number of halogens is 2. The van der Waals surface area contributed by atoms with Crippen molar-refractivity contribution >= 4 is 11.6 Å². The van der Waals surface area contributed by atoms with Gasteiger partial charge in [0.1, 0.15) is 0 Å². The standard InChI is InChI=1S/C12H15F2N3O4/c1-2-16-9(12(15)18)3-4-21-11-6-7(13)10(17(19)20)5-8(11)14/h5-6,9,16H,2-4H2,1H3,(H2,15,18). The van der Waals surface area contributed by atoms with Gasteiger partial charge in [-0.15, -0.1) is 0 Å². The number of nitro benzene ring substituents is 1. The summed E-state index contributed by atoms with van der Waals surface area (Å²) in [5.74, 6) is -3.30. The van der Waals surface area contributed by atoms with Crippen LogP contribution >= 0.6 is 0 Å². The molecular weight excluding hydrogens is 288 g/mol. The van der Waals surface area contributed by atoms with Crippen LogP contribution in [0.15, 0.2) is 12.1 Å². The predicted octanol–water partition coefficient (Wildman–Crippen LogP) is 1.11. The second-order valence-electron chi connectivity index (χ2n) is 4.14. The van der Waals surface area contributed by atoms with E-state index in [4.69, 9.17) is 10.5 Å². The van der Waals surface area contributed by atoms with E-state index in [1.807, 2.05) is 0 Å². The number of amides is 1. The Labute approximate surface area is 119 Å². The van der Waals surface area contributed by atoms with Crippen molar-refractivity contribution in [1.82, 2.24) is 5.32 Å². The molecule has 1 atom stereocenters. The van der Waals surface area contributed by atoms with Crippen LogP contribution in [0.3, 0.4) is 0 Å². The molecule has 0 spiro atoms. The Balaban J connectivity index is 2.70. The maximum atomic E-state index is 13.5. The minimum Gasteiger partial charge on any atom is -0.490 e. The molecule has 9 heteroatoms. The van der Waals surface area contributed by atoms with E-state index in [-0.39, 0.29) is 13.0 Å². The summed E-state index contributed by atoms with van der Waals surface area (Å²) in [7, 11) is 0. The summed E-state index contributed by atoms with van der Waals surface area (Å²) >= 11 is 0. The van der Waals surface area contributed by atoms with Crippen LogP contribution in [0.5, 0.6) is 5.75 Å². The third kappa shape index (κ3) is 4.63. The summed E-state index contributed by atoms with van der Waals surface area (Å²) in [6, 6.07) is 0.390. The van der Waals surface area contributed by atoms with Crippen LogP contribution in [0.25, 0.3) is 0 Å². The summed E-state index contributed by atoms with van der Waals surface area (Å²) in [6.07, 6.45) is 0.154. The average molecular weight is 303 g/mol. The fraction of sp³-hybridized carbons (Fsp3) is 0.417. The normalized spacial score (nSPS) is 12.0. The van der Waals surface area contributed by atoms with Gasteiger partial charge < -0.3 is 15.8 Å². The maximum absolute atomic E-state index is 13.5. The first-order valence-corrected chi connectivity index (χ1v) is 6.15. The van der Waals surface area contributed by atoms with Crippen molar-refractivity contribution in [2.24, 2.45) is 5.73 Å². The number of benzene rings is 1. The monoisotopic (exact) mass is 303 g/mol. The summed E-state index contributed by atoms with van der Waals surface area (Å²) in [6.45, 7) is 2.19. The van der Waals surface area contributed by atoms with Crippen LogP contribution in [0.4, 0.5) is 14.5 Å². The van der Waals surface area contributed by atoms with Crippen molar-refractivity contribution in [2.45, 2.75) is 19.4 Å². The molecule has 1 unspecified atom stereocenters. The summed E-state index contributed by atoms with van der Waals surface area (Å²) in [4.78, 5) is 20.5. The van der Waals surface area contributed by atoms with E-state index in [1.54, 1.807) is 6.92 Å². The molecular formula is C12H15F2N3O4. The lowest BCUT2D eigenvalue weighted by molar-refractivity contribution is -0.387. The van der Waals surface area contributed by atoms with Gasteiger partial charge in [0, 0.05) is 12.5 Å². The third-order valence-electron chi connectivity index (χ3n) is 2.66. The summed E-state index contributed by atoms with van der Waals surface area (Å²) < 4.78 is 31.9. The molecule has 0 aliphatic carbocycles. The molecule has 1 rings (SSSR count). The number of likely N-dealkylation sites (N-methyl/N-ethyl adjacent to an activating group) is 1. The quantitative estimate of drug-likeness (QED) is 0.552. The predicted molar refractivity (Wildman–Crippen MR) is 69.8 cm³/mol. The summed E-state index contributed by atoms with van der Waals surface area (Å²) in [5, 5.41) is 13.2. The number of nitro groups is 1. The number of ether oxygens (including phenoxy) is 1. The lowest BCUT2D eigenvalue weighted by atomic mass is 10.2. The Kier molecular flexibility index (Phi) is 5.97. The molecule has 7 nitrogen and oxygen atoms in total. The van der Waals surface area contributed by atoms with Gasteiger partial charge in [-0.25, -0.2) is 4.39 Å². The van der Waals surface area contributed by atoms with Crippen LogP contribution in [0.2, 0.25) is 0 Å². The van der Waals surface area contributed by atoms with Gasteiger partial charge in [0.05, 0.1) is 23.6 Å². The van der Waals surface area contributed by atoms with Gasteiger partial charge in [-0.3, -0.25) is 14.9 Å². The van der Waals surface area contributed by atoms with Crippen LogP contribution in [0.1, 0.15) is 13.3 Å². The number of hydrogen-bond donors (Lipinski definition) is 2. The molecule has 0 radical (unpaired) electrons. The van der Waals surface area contributed by atoms with Gasteiger partial charge in [0.15, 0.2) is 11.6 Å². The molecule has 1 aromatic carbocycles. The van der Waals surface area contributed by atoms with Crippen molar-refractivity contribution in [2.75, 3.05) is 13.2 Å². The Morgan fingerprint density at radius 1 is 1.48 bits per heavy atom. The molecule has 0 saturated heterocycles. The van der Waals surface area contributed by atoms with Gasteiger partial charge in [0.25, 0.3) is 0 Å². The lowest BCUT2D eigenvalue weighted by Gasteiger charge is -2.14. The Bertz CT molecular complexity index is 539. The topological polar surface area (TPSA) is 107 Å². The van der Waals surface area contributed by atoms with Crippen LogP contribution in [-0.4, -0.2) is 30.0 Å². The number of carbonyl (C=O) groups excluding carboxylic acids is 1. The Morgan fingerprint density at radius 2 is 2.14 bits per heavy atom.